The maximum atomic E-state index is 14.1. The quantitative estimate of drug-likeness (QED) is 0.0672. The van der Waals surface area contributed by atoms with Crippen LogP contribution in [0.2, 0.25) is 0 Å². The van der Waals surface area contributed by atoms with Gasteiger partial charge in [0.05, 0.1) is 68.3 Å². The topological polar surface area (TPSA) is 353 Å². The Balaban J connectivity index is 0.000000107. The Labute approximate surface area is 813 Å². The molecule has 0 unspecified atom stereocenters. The summed E-state index contributed by atoms with van der Waals surface area (Å²) in [5, 5.41) is 24.8. The molecule has 0 radical (unpaired) electrons. The Morgan fingerprint density at radius 1 is 0.396 bits per heavy atom. The van der Waals surface area contributed by atoms with Gasteiger partial charge in [-0.25, -0.2) is 73.2 Å². The molecule has 0 aliphatic carbocycles. The minimum absolute atomic E-state index is 0.110. The van der Waals surface area contributed by atoms with Crippen molar-refractivity contribution in [1.82, 2.24) is 87.3 Å². The summed E-state index contributed by atoms with van der Waals surface area (Å²) < 4.78 is 51.4. The zero-order valence-electron chi connectivity index (χ0n) is 77.0. The molecule has 0 amide bonds. The maximum absolute atomic E-state index is 14.1. The molecule has 4 aliphatic rings. The smallest absolute Gasteiger partial charge is 0.345 e. The van der Waals surface area contributed by atoms with E-state index in [0.29, 0.717) is 90.7 Å². The fraction of sp³-hybridized carbons (Fsp3) is 0.260. The fourth-order valence-corrected chi connectivity index (χ4v) is 20.5. The molecule has 24 rings (SSSR count). The van der Waals surface area contributed by atoms with Gasteiger partial charge in [0.2, 0.25) is 0 Å². The number of nitrogens with one attached hydrogen (secondary N) is 2. The van der Waals surface area contributed by atoms with Crippen LogP contribution in [0.3, 0.4) is 0 Å². The highest BCUT2D eigenvalue weighted by Crippen LogP contribution is 2.36. The number of nitrogens with zero attached hydrogens (tertiary/aromatic N) is 20. The third-order valence-corrected chi connectivity index (χ3v) is 28.4. The van der Waals surface area contributed by atoms with Gasteiger partial charge in [0.15, 0.2) is 27.5 Å². The average molecular weight is 1960 g/mol. The highest BCUT2D eigenvalue weighted by molar-refractivity contribution is 7.99. The maximum Gasteiger partial charge on any atom is 0.345 e. The van der Waals surface area contributed by atoms with Crippen LogP contribution in [0.4, 0.5) is 27.1 Å². The molecule has 4 fully saturated rings. The number of rotatable bonds is 14. The van der Waals surface area contributed by atoms with Crippen molar-refractivity contribution in [3.8, 4) is 56.3 Å². The van der Waals surface area contributed by atoms with Crippen molar-refractivity contribution in [3.63, 3.8) is 0 Å². The van der Waals surface area contributed by atoms with Crippen LogP contribution in [0.5, 0.6) is 0 Å². The molecular formula is C100H95FN22O11S5. The van der Waals surface area contributed by atoms with Crippen LogP contribution in [-0.4, -0.2) is 225 Å². The number of imidazole rings is 5. The van der Waals surface area contributed by atoms with E-state index >= 15 is 0 Å². The number of anilines is 4. The van der Waals surface area contributed by atoms with Crippen LogP contribution >= 0.6 is 58.4 Å². The number of thiazole rings is 1. The monoisotopic (exact) mass is 1960 g/mol. The Morgan fingerprint density at radius 2 is 0.741 bits per heavy atom. The highest BCUT2D eigenvalue weighted by Gasteiger charge is 2.27. The van der Waals surface area contributed by atoms with E-state index in [-0.39, 0.29) is 45.6 Å². The van der Waals surface area contributed by atoms with Crippen LogP contribution < -0.4 is 58.4 Å². The Kier molecular flexibility index (Phi) is 26.9. The van der Waals surface area contributed by atoms with Crippen molar-refractivity contribution < 1.29 is 31.6 Å². The lowest BCUT2D eigenvalue weighted by Crippen LogP contribution is -2.54. The van der Waals surface area contributed by atoms with Crippen LogP contribution in [0.15, 0.2) is 274 Å². The minimum atomic E-state index is -0.590. The molecule has 0 spiro atoms. The third kappa shape index (κ3) is 19.6. The number of piperazine rings is 3. The first-order valence-electron chi connectivity index (χ1n) is 45.1. The molecule has 3 N–H and O–H groups in total. The number of aliphatic hydroxyl groups excluding tert-OH is 1. The van der Waals surface area contributed by atoms with Crippen molar-refractivity contribution in [2.75, 3.05) is 150 Å². The van der Waals surface area contributed by atoms with Gasteiger partial charge in [-0.2, -0.15) is 0 Å². The lowest BCUT2D eigenvalue weighted by molar-refractivity contribution is 0.281. The first-order chi connectivity index (χ1) is 67.6. The number of benzene rings is 5. The number of hydrogen-bond acceptors (Lipinski definition) is 33. The lowest BCUT2D eigenvalue weighted by atomic mass is 10.1. The number of hydrogen-bond donors (Lipinski definition) is 3. The first-order valence-corrected chi connectivity index (χ1v) is 50.9. The lowest BCUT2D eigenvalue weighted by Gasteiger charge is -2.37. The molecular weight excluding hydrogens is 1860 g/mol. The SMILES string of the molecule is CSc1nccn2cc(-c3cc4ccc(N5CCCN(C)CC5)cc4oc3=O)nc12.CSc1nccn2cc(-c3cc4ccc(N5CCN(C)CC5)cc4oc3=O)nc12.CSc1nccn2cc(-c3cc4ccc(N5CCNCC5)cc4oc3=O)nc12.CSc1nccn2cc(-c3cc4ccc(N5C[C@@H](C)N[C@@H](C)C5)cc4oc3=O)nc12.O=c1oc2cc(CO)cc(F)c2cc1-c1cn2ccsc2n1. The molecule has 33 nitrogen and oxygen atoms in total. The molecule has 15 aromatic heterocycles. The second-order valence-corrected chi connectivity index (χ2v) is 38.3. The van der Waals surface area contributed by atoms with E-state index in [0.717, 1.165) is 190 Å². The number of likely N-dealkylation sites (N-methyl/N-ethyl adjacent to an activating group) is 2. The Hall–Kier alpha value is -13.9. The van der Waals surface area contributed by atoms with Gasteiger partial charge in [-0.1, -0.05) is 0 Å². The van der Waals surface area contributed by atoms with Crippen molar-refractivity contribution in [3.05, 3.63) is 271 Å². The molecule has 2 atom stereocenters. The van der Waals surface area contributed by atoms with Gasteiger partial charge in [-0.3, -0.25) is 4.40 Å². The predicted molar refractivity (Wildman–Crippen MR) is 549 cm³/mol. The summed E-state index contributed by atoms with van der Waals surface area (Å²) in [6, 6.07) is 36.7. The van der Waals surface area contributed by atoms with E-state index in [9.17, 15) is 28.4 Å². The summed E-state index contributed by atoms with van der Waals surface area (Å²) in [7, 11) is 4.29. The van der Waals surface area contributed by atoms with Gasteiger partial charge >= 0.3 is 28.1 Å². The van der Waals surface area contributed by atoms with Gasteiger partial charge < -0.3 is 84.8 Å². The largest absolute Gasteiger partial charge is 0.422 e. The molecule has 19 heterocycles. The Bertz CT molecular complexity index is 8330. The van der Waals surface area contributed by atoms with Crippen molar-refractivity contribution in [1.29, 1.82) is 0 Å². The van der Waals surface area contributed by atoms with E-state index in [1.54, 1.807) is 35.4 Å². The van der Waals surface area contributed by atoms with Crippen LogP contribution in [0, 0.1) is 5.82 Å². The zero-order chi connectivity index (χ0) is 95.8. The molecule has 0 bridgehead atoms. The van der Waals surface area contributed by atoms with E-state index in [2.05, 4.69) is 137 Å². The molecule has 5 aromatic carbocycles. The van der Waals surface area contributed by atoms with Gasteiger partial charge in [-0.15, -0.1) is 58.4 Å². The van der Waals surface area contributed by atoms with Gasteiger partial charge in [0.25, 0.3) is 0 Å². The normalized spacial score (nSPS) is 15.7. The number of aliphatic hydroxyl groups is 1. The number of halogens is 1. The van der Waals surface area contributed by atoms with Gasteiger partial charge in [0.1, 0.15) is 53.8 Å². The Morgan fingerprint density at radius 3 is 1.12 bits per heavy atom. The van der Waals surface area contributed by atoms with Crippen LogP contribution in [-0.2, 0) is 6.61 Å². The number of fused-ring (bicyclic) bond motifs is 10. The molecule has 4 saturated heterocycles. The van der Waals surface area contributed by atoms with Crippen molar-refractivity contribution in [2.24, 2.45) is 0 Å². The summed E-state index contributed by atoms with van der Waals surface area (Å²) in [5.74, 6) is -0.549. The summed E-state index contributed by atoms with van der Waals surface area (Å²) in [6.07, 6.45) is 34.1. The zero-order valence-corrected chi connectivity index (χ0v) is 81.1. The second kappa shape index (κ2) is 40.3. The predicted octanol–water partition coefficient (Wildman–Crippen LogP) is 15.2. The third-order valence-electron chi connectivity index (χ3n) is 24.9. The highest BCUT2D eigenvalue weighted by atomic mass is 32.2. The minimum Gasteiger partial charge on any atom is -0.422 e. The summed E-state index contributed by atoms with van der Waals surface area (Å²) >= 11 is 7.54. The van der Waals surface area contributed by atoms with Crippen molar-refractivity contribution >= 4 is 164 Å². The fourth-order valence-electron chi connectivity index (χ4n) is 17.8. The molecule has 4 aliphatic heterocycles. The van der Waals surface area contributed by atoms with E-state index in [4.69, 9.17) is 27.2 Å². The molecule has 708 valence electrons. The average Bonchev–Trinajstić information content (AvgIpc) is 1.67. The van der Waals surface area contributed by atoms with Gasteiger partial charge in [-0.05, 0) is 162 Å². The standard InChI is InChI=1S/2C22H23N5O2S.C21H21N5O2S.C20H19N5O2S.C15H9FN2O3S/c1-13-10-27(11-14(2)24-13)16-5-4-15-8-17(22(28)29-19(15)9-16)18-12-26-7-6-23-21(30-3)20(26)25-18;1-25-7-3-8-26(11-10-25)16-5-4-15-12-17(22(28)29-19(15)13-16)18-14-27-9-6-23-21(30-2)20(27)24-18;1-24-7-9-25(10-8-24)15-4-3-14-11-16(21(27)28-18(14)12-15)17-13-26-6-5-22-20(29-2)19(26)23-17;1-28-19-18-23-16(12-25(18)9-6-22-19)15-10-13-2-3-14(11-17(13)27-20(15)26)24-7-4-21-5-8-24;16-11-3-8(7-19)4-13-9(11)5-10(14(20)21-13)12-6-18-1-2-22-15(18)17-12/h4-9,12-14,24H,10-11H2,1-3H3;4-6,9,12-14H,3,7-8,10-11H2,1-2H3;3-6,11-13H,7-10H2,1-2H3;2-3,6,9-12,21H,4-5,7-8H2,1H3;1-6,19H,7H2/t13-,14+;;;;. The number of thioether (sulfide) groups is 4. The summed E-state index contributed by atoms with van der Waals surface area (Å²) in [6.45, 7) is 17.8. The van der Waals surface area contributed by atoms with Crippen molar-refractivity contribution in [2.45, 2.75) is 59.1 Å². The molecule has 20 aromatic rings. The second-order valence-electron chi connectivity index (χ2n) is 34.2. The molecule has 139 heavy (non-hydrogen) atoms. The molecule has 0 saturated carbocycles. The van der Waals surface area contributed by atoms with E-state index in [1.807, 2.05) is 177 Å². The summed E-state index contributed by atoms with van der Waals surface area (Å²) in [5.41, 5.74) is 12.8. The van der Waals surface area contributed by atoms with Crippen LogP contribution in [0.1, 0.15) is 25.8 Å². The van der Waals surface area contributed by atoms with Crippen LogP contribution in [0.25, 0.3) is 139 Å². The van der Waals surface area contributed by atoms with E-state index < -0.39 is 11.4 Å². The number of aromatic nitrogens is 14. The van der Waals surface area contributed by atoms with E-state index in [1.165, 1.54) is 76.6 Å². The van der Waals surface area contributed by atoms with Gasteiger partial charge in [0, 0.05) is 258 Å². The first kappa shape index (κ1) is 92.8. The summed E-state index contributed by atoms with van der Waals surface area (Å²) in [4.78, 5) is 118. The molecule has 39 heteroatoms.